The van der Waals surface area contributed by atoms with Crippen LogP contribution in [0, 0.1) is 13.8 Å². The first-order chi connectivity index (χ1) is 10.7. The monoisotopic (exact) mass is 332 g/mol. The zero-order valence-electron chi connectivity index (χ0n) is 14.5. The third-order valence-corrected chi connectivity index (χ3v) is 2.84. The number of benzene rings is 2. The molecule has 0 amide bonds. The summed E-state index contributed by atoms with van der Waals surface area (Å²) in [5.74, 6) is 0.383. The first kappa shape index (κ1) is 21.1. The lowest BCUT2D eigenvalue weighted by Crippen LogP contribution is -1.95. The molecule has 23 heavy (non-hydrogen) atoms. The minimum atomic E-state index is 0.167. The number of hydrogen-bond acceptors (Lipinski definition) is 2. The normalized spacial score (nSPS) is 8.96. The second-order valence-electron chi connectivity index (χ2n) is 5.57. The van der Waals surface area contributed by atoms with Crippen molar-refractivity contribution in [3.8, 4) is 0 Å². The highest BCUT2D eigenvalue weighted by Crippen LogP contribution is 2.07. The quantitative estimate of drug-likeness (QED) is 0.740. The van der Waals surface area contributed by atoms with E-state index in [1.54, 1.807) is 6.92 Å². The molecule has 0 aromatic heterocycles. The summed E-state index contributed by atoms with van der Waals surface area (Å²) in [4.78, 5) is 20.1. The van der Waals surface area contributed by atoms with Gasteiger partial charge >= 0.3 is 0 Å². The van der Waals surface area contributed by atoms with Crippen LogP contribution in [0.2, 0.25) is 5.02 Å². The van der Waals surface area contributed by atoms with E-state index < -0.39 is 0 Å². The summed E-state index contributed by atoms with van der Waals surface area (Å²) in [5, 5.41) is 0.801. The van der Waals surface area contributed by atoms with Crippen LogP contribution >= 0.6 is 11.6 Å². The Morgan fingerprint density at radius 3 is 1.43 bits per heavy atom. The van der Waals surface area contributed by atoms with E-state index in [0.717, 1.165) is 10.6 Å². The Kier molecular flexibility index (Phi) is 10.6. The summed E-state index contributed by atoms with van der Waals surface area (Å²) in [7, 11) is 0. The summed E-state index contributed by atoms with van der Waals surface area (Å²) in [6.07, 6.45) is 0.556. The maximum absolute atomic E-state index is 10.7. The molecule has 0 heterocycles. The largest absolute Gasteiger partial charge is 0.300 e. The van der Waals surface area contributed by atoms with Crippen molar-refractivity contribution in [1.82, 2.24) is 0 Å². The van der Waals surface area contributed by atoms with Gasteiger partial charge in [0, 0.05) is 11.4 Å². The van der Waals surface area contributed by atoms with Crippen LogP contribution in [0.3, 0.4) is 0 Å². The summed E-state index contributed by atoms with van der Waals surface area (Å²) in [6.45, 7) is 8.74. The lowest BCUT2D eigenvalue weighted by Gasteiger charge is -1.96. The Labute approximate surface area is 144 Å². The van der Waals surface area contributed by atoms with Gasteiger partial charge in [-0.1, -0.05) is 59.1 Å². The number of Topliss-reactive ketones (excluding diaryl/α,β-unsaturated/α-hetero) is 2. The third kappa shape index (κ3) is 13.5. The topological polar surface area (TPSA) is 34.1 Å². The molecule has 3 heteroatoms. The van der Waals surface area contributed by atoms with Crippen molar-refractivity contribution in [2.24, 2.45) is 0 Å². The Balaban J connectivity index is 0.000000354. The van der Waals surface area contributed by atoms with Gasteiger partial charge in [-0.15, -0.1) is 0 Å². The van der Waals surface area contributed by atoms with Crippen LogP contribution in [0.4, 0.5) is 0 Å². The van der Waals surface area contributed by atoms with E-state index in [4.69, 9.17) is 11.6 Å². The average molecular weight is 333 g/mol. The minimum absolute atomic E-state index is 0.167. The highest BCUT2D eigenvalue weighted by molar-refractivity contribution is 6.30. The molecule has 0 atom stereocenters. The van der Waals surface area contributed by atoms with E-state index in [0.29, 0.717) is 6.42 Å². The Morgan fingerprint density at radius 2 is 1.13 bits per heavy atom. The number of ketones is 2. The second-order valence-corrected chi connectivity index (χ2v) is 6.00. The SMILES string of the molecule is CC(=O)Cc1ccc(C)cc1.CC(C)=O.Cc1ccc(Cl)cc1. The van der Waals surface area contributed by atoms with Crippen LogP contribution in [0.25, 0.3) is 0 Å². The molecule has 0 saturated heterocycles. The summed E-state index contributed by atoms with van der Waals surface area (Å²) in [6, 6.07) is 15.8. The van der Waals surface area contributed by atoms with Gasteiger partial charge in [0.25, 0.3) is 0 Å². The number of carbonyl (C=O) groups is 2. The zero-order chi connectivity index (χ0) is 17.8. The molecule has 0 spiro atoms. The van der Waals surface area contributed by atoms with Crippen LogP contribution in [0.15, 0.2) is 48.5 Å². The van der Waals surface area contributed by atoms with Gasteiger partial charge in [0.1, 0.15) is 11.6 Å². The molecule has 0 aliphatic carbocycles. The predicted molar refractivity (Wildman–Crippen MR) is 98.1 cm³/mol. The molecule has 2 aromatic rings. The van der Waals surface area contributed by atoms with Gasteiger partial charge in [-0.25, -0.2) is 0 Å². The summed E-state index contributed by atoms with van der Waals surface area (Å²) < 4.78 is 0. The Morgan fingerprint density at radius 1 is 0.783 bits per heavy atom. The molecule has 0 aliphatic rings. The van der Waals surface area contributed by atoms with E-state index in [1.165, 1.54) is 25.0 Å². The van der Waals surface area contributed by atoms with Crippen LogP contribution in [0.5, 0.6) is 0 Å². The highest BCUT2D eigenvalue weighted by Gasteiger charge is 1.95. The number of rotatable bonds is 2. The van der Waals surface area contributed by atoms with Gasteiger partial charge in [0.05, 0.1) is 0 Å². The van der Waals surface area contributed by atoms with E-state index in [-0.39, 0.29) is 11.6 Å². The smallest absolute Gasteiger partial charge is 0.134 e. The van der Waals surface area contributed by atoms with E-state index in [9.17, 15) is 9.59 Å². The standard InChI is InChI=1S/C10H12O.C7H7Cl.C3H6O/c1-8-3-5-10(6-4-8)7-9(2)11;1-6-2-4-7(8)5-3-6;1-3(2)4/h3-6H,7H2,1-2H3;2-5H,1H3;1-2H3. The van der Waals surface area contributed by atoms with Crippen molar-refractivity contribution >= 4 is 23.2 Å². The zero-order valence-corrected chi connectivity index (χ0v) is 15.3. The van der Waals surface area contributed by atoms with Gasteiger partial charge in [-0.3, -0.25) is 4.79 Å². The molecule has 0 fully saturated rings. The third-order valence-electron chi connectivity index (χ3n) is 2.58. The Hall–Kier alpha value is -1.93. The van der Waals surface area contributed by atoms with E-state index >= 15 is 0 Å². The number of aryl methyl sites for hydroxylation is 2. The minimum Gasteiger partial charge on any atom is -0.300 e. The lowest BCUT2D eigenvalue weighted by molar-refractivity contribution is -0.116. The van der Waals surface area contributed by atoms with Gasteiger partial charge in [-0.05, 0) is 52.3 Å². The maximum Gasteiger partial charge on any atom is 0.134 e. The van der Waals surface area contributed by atoms with E-state index in [2.05, 4.69) is 0 Å². The van der Waals surface area contributed by atoms with Crippen LogP contribution in [-0.4, -0.2) is 11.6 Å². The fraction of sp³-hybridized carbons (Fsp3) is 0.300. The molecule has 0 saturated carbocycles. The molecule has 2 nitrogen and oxygen atoms in total. The molecule has 0 aliphatic heterocycles. The van der Waals surface area contributed by atoms with Crippen LogP contribution < -0.4 is 0 Å². The molecular weight excluding hydrogens is 308 g/mol. The van der Waals surface area contributed by atoms with Gasteiger partial charge in [-0.2, -0.15) is 0 Å². The fourth-order valence-corrected chi connectivity index (χ4v) is 1.65. The average Bonchev–Trinajstić information content (AvgIpc) is 2.44. The summed E-state index contributed by atoms with van der Waals surface area (Å²) >= 11 is 5.61. The van der Waals surface area contributed by atoms with Crippen molar-refractivity contribution in [1.29, 1.82) is 0 Å². The molecule has 2 rings (SSSR count). The molecule has 0 bridgehead atoms. The van der Waals surface area contributed by atoms with Crippen molar-refractivity contribution in [2.45, 2.75) is 41.0 Å². The van der Waals surface area contributed by atoms with Gasteiger partial charge in [0.2, 0.25) is 0 Å². The van der Waals surface area contributed by atoms with Crippen LogP contribution in [-0.2, 0) is 16.0 Å². The molecule has 0 unspecified atom stereocenters. The number of halogens is 1. The van der Waals surface area contributed by atoms with E-state index in [1.807, 2.05) is 62.4 Å². The van der Waals surface area contributed by atoms with Crippen molar-refractivity contribution in [3.63, 3.8) is 0 Å². The molecule has 124 valence electrons. The van der Waals surface area contributed by atoms with Gasteiger partial charge in [0.15, 0.2) is 0 Å². The molecule has 2 aromatic carbocycles. The first-order valence-corrected chi connectivity index (χ1v) is 7.83. The van der Waals surface area contributed by atoms with Crippen molar-refractivity contribution < 1.29 is 9.59 Å². The maximum atomic E-state index is 10.7. The fourth-order valence-electron chi connectivity index (χ4n) is 1.53. The lowest BCUT2D eigenvalue weighted by atomic mass is 10.1. The van der Waals surface area contributed by atoms with Crippen molar-refractivity contribution in [2.75, 3.05) is 0 Å². The molecule has 0 radical (unpaired) electrons. The summed E-state index contributed by atoms with van der Waals surface area (Å²) in [5.41, 5.74) is 3.58. The molecule has 0 N–H and O–H groups in total. The van der Waals surface area contributed by atoms with Crippen molar-refractivity contribution in [3.05, 3.63) is 70.2 Å². The second kappa shape index (κ2) is 11.6. The number of hydrogen-bond donors (Lipinski definition) is 0. The molecular formula is C20H25ClO2. The predicted octanol–water partition coefficient (Wildman–Crippen LogP) is 5.37. The first-order valence-electron chi connectivity index (χ1n) is 7.45. The van der Waals surface area contributed by atoms with Gasteiger partial charge < -0.3 is 4.79 Å². The van der Waals surface area contributed by atoms with Crippen LogP contribution in [0.1, 0.15) is 37.5 Å². The number of carbonyl (C=O) groups excluding carboxylic acids is 2. The highest BCUT2D eigenvalue weighted by atomic mass is 35.5. The Bertz CT molecular complexity index is 574.